The lowest BCUT2D eigenvalue weighted by atomic mass is 9.70. The van der Waals surface area contributed by atoms with E-state index >= 15 is 0 Å². The molecule has 0 bridgehead atoms. The molecule has 9 heteroatoms. The monoisotopic (exact) mass is 512 g/mol. The molecule has 0 atom stereocenters. The van der Waals surface area contributed by atoms with E-state index in [4.69, 9.17) is 9.47 Å². The predicted octanol–water partition coefficient (Wildman–Crippen LogP) is 5.03. The van der Waals surface area contributed by atoms with Crippen LogP contribution in [0.3, 0.4) is 0 Å². The van der Waals surface area contributed by atoms with Crippen molar-refractivity contribution in [2.75, 3.05) is 19.0 Å². The van der Waals surface area contributed by atoms with Crippen molar-refractivity contribution in [3.63, 3.8) is 0 Å². The minimum atomic E-state index is -0.834. The number of benzene rings is 2. The summed E-state index contributed by atoms with van der Waals surface area (Å²) in [6.07, 6.45) is 4.80. The van der Waals surface area contributed by atoms with Crippen molar-refractivity contribution in [1.82, 2.24) is 5.32 Å². The molecule has 2 aliphatic carbocycles. The van der Waals surface area contributed by atoms with Crippen LogP contribution in [0.5, 0.6) is 11.5 Å². The zero-order chi connectivity index (χ0) is 26.6. The first-order valence-electron chi connectivity index (χ1n) is 12.6. The molecule has 2 aromatic carbocycles. The van der Waals surface area contributed by atoms with Gasteiger partial charge in [0, 0.05) is 12.6 Å². The van der Waals surface area contributed by atoms with Gasteiger partial charge >= 0.3 is 5.97 Å². The molecule has 4 rings (SSSR count). The van der Waals surface area contributed by atoms with Crippen LogP contribution in [-0.4, -0.2) is 42.6 Å². The summed E-state index contributed by atoms with van der Waals surface area (Å²) in [5, 5.41) is 14.9. The van der Waals surface area contributed by atoms with Gasteiger partial charge in [0.05, 0.1) is 35.9 Å². The van der Waals surface area contributed by atoms with E-state index < -0.39 is 23.6 Å². The van der Waals surface area contributed by atoms with Crippen LogP contribution < -0.4 is 20.1 Å². The van der Waals surface area contributed by atoms with Crippen molar-refractivity contribution < 1.29 is 33.4 Å². The van der Waals surface area contributed by atoms with Gasteiger partial charge in [0.25, 0.3) is 11.8 Å². The topological polar surface area (TPSA) is 114 Å². The third kappa shape index (κ3) is 6.21. The van der Waals surface area contributed by atoms with Gasteiger partial charge in [-0.3, -0.25) is 14.4 Å². The molecule has 8 nitrogen and oxygen atoms in total. The maximum atomic E-state index is 14.8. The van der Waals surface area contributed by atoms with Crippen LogP contribution >= 0.6 is 0 Å². The number of rotatable bonds is 9. The van der Waals surface area contributed by atoms with E-state index in [0.29, 0.717) is 43.5 Å². The lowest BCUT2D eigenvalue weighted by Gasteiger charge is -2.38. The van der Waals surface area contributed by atoms with Crippen LogP contribution in [0.25, 0.3) is 0 Å². The molecule has 2 saturated carbocycles. The van der Waals surface area contributed by atoms with Gasteiger partial charge in [0.2, 0.25) is 0 Å². The Balaban J connectivity index is 1.48. The number of ether oxygens (including phenoxy) is 2. The minimum Gasteiger partial charge on any atom is -0.496 e. The molecule has 0 aliphatic heterocycles. The van der Waals surface area contributed by atoms with Crippen molar-refractivity contribution in [3.05, 3.63) is 53.3 Å². The summed E-state index contributed by atoms with van der Waals surface area (Å²) in [5.74, 6) is -2.88. The Morgan fingerprint density at radius 3 is 2.35 bits per heavy atom. The van der Waals surface area contributed by atoms with E-state index in [1.165, 1.54) is 13.2 Å². The van der Waals surface area contributed by atoms with Crippen molar-refractivity contribution in [2.45, 2.75) is 58.0 Å². The number of aliphatic carboxylic acids is 1. The second-order valence-corrected chi connectivity index (χ2v) is 10.3. The number of para-hydroxylation sites is 1. The second-order valence-electron chi connectivity index (χ2n) is 10.3. The van der Waals surface area contributed by atoms with E-state index in [9.17, 15) is 23.9 Å². The zero-order valence-corrected chi connectivity index (χ0v) is 21.1. The van der Waals surface area contributed by atoms with Gasteiger partial charge in [-0.05, 0) is 62.1 Å². The molecule has 0 aromatic heterocycles. The van der Waals surface area contributed by atoms with Crippen LogP contribution in [0, 0.1) is 17.2 Å². The Kier molecular flexibility index (Phi) is 8.00. The fraction of sp³-hybridized carbons (Fsp3) is 0.464. The molecule has 0 spiro atoms. The molecule has 37 heavy (non-hydrogen) atoms. The number of methoxy groups -OCH3 is 1. The zero-order valence-electron chi connectivity index (χ0n) is 21.1. The average molecular weight is 513 g/mol. The Morgan fingerprint density at radius 1 is 1.03 bits per heavy atom. The SMILES string of the molecule is COc1cc(F)c(OC2CCC(C(=O)O)CC2)cc1C(=O)Nc1ccccc1C(=O)NCC1(C)CCC1. The number of anilines is 1. The third-order valence-corrected chi connectivity index (χ3v) is 7.47. The van der Waals surface area contributed by atoms with Gasteiger partial charge in [0.15, 0.2) is 11.6 Å². The fourth-order valence-corrected chi connectivity index (χ4v) is 4.90. The van der Waals surface area contributed by atoms with Crippen LogP contribution in [0.4, 0.5) is 10.1 Å². The van der Waals surface area contributed by atoms with Crippen LogP contribution in [-0.2, 0) is 4.79 Å². The highest BCUT2D eigenvalue weighted by molar-refractivity contribution is 6.10. The molecule has 2 aromatic rings. The molecule has 2 fully saturated rings. The standard InChI is InChI=1S/C28H33FN2O6/c1-28(12-5-13-28)16-30-25(32)19-6-3-4-7-22(19)31-26(33)20-14-24(21(29)15-23(20)36-2)37-18-10-8-17(9-11-18)27(34)35/h3-4,6-7,14-15,17-18H,5,8-13,16H2,1-2H3,(H,30,32)(H,31,33)(H,34,35). The summed E-state index contributed by atoms with van der Waals surface area (Å²) in [4.78, 5) is 37.3. The van der Waals surface area contributed by atoms with Crippen LogP contribution in [0.1, 0.15) is 72.6 Å². The van der Waals surface area contributed by atoms with E-state index in [-0.39, 0.29) is 34.5 Å². The van der Waals surface area contributed by atoms with Gasteiger partial charge in [-0.2, -0.15) is 0 Å². The third-order valence-electron chi connectivity index (χ3n) is 7.47. The molecule has 2 aliphatic rings. The molecule has 0 radical (unpaired) electrons. The largest absolute Gasteiger partial charge is 0.496 e. The Hall–Kier alpha value is -3.62. The first kappa shape index (κ1) is 26.4. The summed E-state index contributed by atoms with van der Waals surface area (Å²) in [7, 11) is 1.34. The van der Waals surface area contributed by atoms with Gasteiger partial charge in [0.1, 0.15) is 5.75 Å². The van der Waals surface area contributed by atoms with Gasteiger partial charge in [-0.1, -0.05) is 25.5 Å². The summed E-state index contributed by atoms with van der Waals surface area (Å²) >= 11 is 0. The van der Waals surface area contributed by atoms with Gasteiger partial charge in [-0.15, -0.1) is 0 Å². The molecule has 0 saturated heterocycles. The highest BCUT2D eigenvalue weighted by Gasteiger charge is 2.32. The van der Waals surface area contributed by atoms with Crippen LogP contribution in [0.2, 0.25) is 0 Å². The number of carboxylic acids is 1. The van der Waals surface area contributed by atoms with Crippen molar-refractivity contribution in [1.29, 1.82) is 0 Å². The Labute approximate surface area is 215 Å². The fourth-order valence-electron chi connectivity index (χ4n) is 4.90. The number of hydrogen-bond acceptors (Lipinski definition) is 5. The smallest absolute Gasteiger partial charge is 0.306 e. The van der Waals surface area contributed by atoms with Crippen molar-refractivity contribution >= 4 is 23.5 Å². The number of halogens is 1. The lowest BCUT2D eigenvalue weighted by molar-refractivity contribution is -0.143. The average Bonchev–Trinajstić information content (AvgIpc) is 2.87. The quantitative estimate of drug-likeness (QED) is 0.434. The highest BCUT2D eigenvalue weighted by atomic mass is 19.1. The first-order chi connectivity index (χ1) is 17.7. The number of hydrogen-bond donors (Lipinski definition) is 3. The van der Waals surface area contributed by atoms with Crippen molar-refractivity contribution in [3.8, 4) is 11.5 Å². The van der Waals surface area contributed by atoms with E-state index in [0.717, 1.165) is 25.3 Å². The summed E-state index contributed by atoms with van der Waals surface area (Å²) < 4.78 is 25.8. The van der Waals surface area contributed by atoms with Gasteiger partial charge < -0.3 is 25.2 Å². The molecular formula is C28H33FN2O6. The first-order valence-corrected chi connectivity index (χ1v) is 12.6. The van der Waals surface area contributed by atoms with Crippen molar-refractivity contribution in [2.24, 2.45) is 11.3 Å². The second kappa shape index (κ2) is 11.2. The normalized spacial score (nSPS) is 20.3. The van der Waals surface area contributed by atoms with E-state index in [2.05, 4.69) is 17.6 Å². The Bertz CT molecular complexity index is 1170. The number of carbonyl (C=O) groups excluding carboxylic acids is 2. The number of carboxylic acid groups (broad SMARTS) is 1. The lowest BCUT2D eigenvalue weighted by Crippen LogP contribution is -2.40. The number of amides is 2. The maximum absolute atomic E-state index is 14.8. The van der Waals surface area contributed by atoms with E-state index in [1.807, 2.05) is 0 Å². The van der Waals surface area contributed by atoms with Crippen LogP contribution in [0.15, 0.2) is 36.4 Å². The number of carbonyl (C=O) groups is 3. The molecule has 0 heterocycles. The summed E-state index contributed by atoms with van der Waals surface area (Å²) in [5.41, 5.74) is 0.810. The highest BCUT2D eigenvalue weighted by Crippen LogP contribution is 2.39. The molecule has 0 unspecified atom stereocenters. The summed E-state index contributed by atoms with van der Waals surface area (Å²) in [6.45, 7) is 2.71. The molecular weight excluding hydrogens is 479 g/mol. The van der Waals surface area contributed by atoms with E-state index in [1.54, 1.807) is 24.3 Å². The molecule has 3 N–H and O–H groups in total. The Morgan fingerprint density at radius 2 is 1.73 bits per heavy atom. The predicted molar refractivity (Wildman–Crippen MR) is 136 cm³/mol. The molecule has 2 amide bonds. The maximum Gasteiger partial charge on any atom is 0.306 e. The summed E-state index contributed by atoms with van der Waals surface area (Å²) in [6, 6.07) is 9.07. The van der Waals surface area contributed by atoms with Gasteiger partial charge in [-0.25, -0.2) is 4.39 Å². The number of nitrogens with one attached hydrogen (secondary N) is 2. The molecule has 198 valence electrons. The minimum absolute atomic E-state index is 0.0248.